The molecular formula is C16H24N6S. The molecule has 1 saturated carbocycles. The number of aromatic amines is 1. The van der Waals surface area contributed by atoms with Gasteiger partial charge in [-0.3, -0.25) is 10.00 Å². The van der Waals surface area contributed by atoms with Crippen LogP contribution in [-0.4, -0.2) is 61.7 Å². The van der Waals surface area contributed by atoms with Crippen LogP contribution in [-0.2, 0) is 0 Å². The second-order valence-electron chi connectivity index (χ2n) is 6.59. The molecule has 2 N–H and O–H groups in total. The number of hydrogen-bond acceptors (Lipinski definition) is 6. The van der Waals surface area contributed by atoms with Crippen molar-refractivity contribution in [2.24, 2.45) is 0 Å². The smallest absolute Gasteiger partial charge is 0.160 e. The Bertz CT molecular complexity index is 645. The van der Waals surface area contributed by atoms with Crippen LogP contribution in [0.2, 0.25) is 0 Å². The third-order valence-electron chi connectivity index (χ3n) is 5.30. The minimum absolute atomic E-state index is 0.292. The first-order valence-corrected chi connectivity index (χ1v) is 9.74. The third kappa shape index (κ3) is 3.04. The fourth-order valence-electron chi connectivity index (χ4n) is 4.01. The Balaban J connectivity index is 1.54. The number of H-pyrrole nitrogens is 1. The number of hydrogen-bond donors (Lipinski definition) is 2. The van der Waals surface area contributed by atoms with E-state index in [9.17, 15) is 0 Å². The summed E-state index contributed by atoms with van der Waals surface area (Å²) in [6.45, 7) is 3.41. The lowest BCUT2D eigenvalue weighted by Crippen LogP contribution is -2.57. The van der Waals surface area contributed by atoms with E-state index in [1.807, 2.05) is 6.20 Å². The van der Waals surface area contributed by atoms with Gasteiger partial charge in [-0.1, -0.05) is 19.3 Å². The second kappa shape index (κ2) is 6.65. The van der Waals surface area contributed by atoms with Crippen molar-refractivity contribution < 1.29 is 0 Å². The van der Waals surface area contributed by atoms with Crippen molar-refractivity contribution in [3.05, 3.63) is 12.5 Å². The Kier molecular flexibility index (Phi) is 4.39. The highest BCUT2D eigenvalue weighted by Crippen LogP contribution is 2.35. The molecule has 0 unspecified atom stereocenters. The van der Waals surface area contributed by atoms with Gasteiger partial charge >= 0.3 is 0 Å². The molecule has 2 aliphatic rings. The van der Waals surface area contributed by atoms with Crippen molar-refractivity contribution in [1.29, 1.82) is 0 Å². The molecule has 7 heteroatoms. The average molecular weight is 332 g/mol. The number of nitrogens with one attached hydrogen (secondary N) is 2. The van der Waals surface area contributed by atoms with Gasteiger partial charge in [0.25, 0.3) is 0 Å². The Morgan fingerprint density at radius 2 is 2.00 bits per heavy atom. The minimum Gasteiger partial charge on any atom is -0.367 e. The van der Waals surface area contributed by atoms with E-state index in [1.54, 1.807) is 6.33 Å². The van der Waals surface area contributed by atoms with E-state index in [-0.39, 0.29) is 0 Å². The number of thioether (sulfide) groups is 1. The largest absolute Gasteiger partial charge is 0.367 e. The van der Waals surface area contributed by atoms with Gasteiger partial charge < -0.3 is 5.32 Å². The number of anilines is 1. The molecule has 2 fully saturated rings. The predicted molar refractivity (Wildman–Crippen MR) is 94.9 cm³/mol. The third-order valence-corrected chi connectivity index (χ3v) is 6.24. The van der Waals surface area contributed by atoms with Crippen LogP contribution in [0.3, 0.4) is 0 Å². The summed E-state index contributed by atoms with van der Waals surface area (Å²) in [7, 11) is 0. The zero-order valence-electron chi connectivity index (χ0n) is 13.4. The summed E-state index contributed by atoms with van der Waals surface area (Å²) in [5.74, 6) is 3.43. The van der Waals surface area contributed by atoms with E-state index in [2.05, 4.69) is 42.1 Å². The quantitative estimate of drug-likeness (QED) is 0.896. The molecule has 3 heterocycles. The van der Waals surface area contributed by atoms with Crippen LogP contribution in [0, 0.1) is 0 Å². The molecule has 4 rings (SSSR count). The molecule has 2 aromatic heterocycles. The molecule has 124 valence electrons. The predicted octanol–water partition coefficient (Wildman–Crippen LogP) is 2.52. The number of fused-ring (bicyclic) bond motifs is 1. The average Bonchev–Trinajstić information content (AvgIpc) is 3.11. The molecule has 1 saturated heterocycles. The van der Waals surface area contributed by atoms with Crippen molar-refractivity contribution in [2.45, 2.75) is 37.6 Å². The summed E-state index contributed by atoms with van der Waals surface area (Å²) in [4.78, 5) is 11.4. The fourth-order valence-corrected chi connectivity index (χ4v) is 4.91. The van der Waals surface area contributed by atoms with Gasteiger partial charge in [0.05, 0.1) is 11.6 Å². The summed E-state index contributed by atoms with van der Waals surface area (Å²) in [6.07, 6.45) is 10.1. The molecule has 1 aliphatic carbocycles. The van der Waals surface area contributed by atoms with Crippen molar-refractivity contribution in [2.75, 3.05) is 36.5 Å². The van der Waals surface area contributed by atoms with E-state index < -0.39 is 0 Å². The van der Waals surface area contributed by atoms with E-state index in [4.69, 9.17) is 0 Å². The highest BCUT2D eigenvalue weighted by molar-refractivity contribution is 7.99. The van der Waals surface area contributed by atoms with Crippen molar-refractivity contribution >= 4 is 28.6 Å². The lowest BCUT2D eigenvalue weighted by molar-refractivity contribution is 0.0706. The standard InChI is InChI=1S/C16H24N6S/c1-2-4-16(5-3-1,22-6-8-23-9-7-22)11-17-14-13-10-20-21-15(13)19-12-18-14/h10,12H,1-9,11H2,(H2,17,18,19,20,21). The van der Waals surface area contributed by atoms with Gasteiger partial charge in [-0.2, -0.15) is 16.9 Å². The van der Waals surface area contributed by atoms with Crippen molar-refractivity contribution in [3.8, 4) is 0 Å². The van der Waals surface area contributed by atoms with Crippen LogP contribution in [0.1, 0.15) is 32.1 Å². The lowest BCUT2D eigenvalue weighted by Gasteiger charge is -2.48. The topological polar surface area (TPSA) is 69.7 Å². The second-order valence-corrected chi connectivity index (χ2v) is 7.82. The molecule has 0 atom stereocenters. The monoisotopic (exact) mass is 332 g/mol. The Labute approximate surface area is 140 Å². The fraction of sp³-hybridized carbons (Fsp3) is 0.688. The van der Waals surface area contributed by atoms with Crippen LogP contribution in [0.4, 0.5) is 5.82 Å². The van der Waals surface area contributed by atoms with Gasteiger partial charge in [-0.25, -0.2) is 9.97 Å². The molecule has 1 aliphatic heterocycles. The Morgan fingerprint density at radius 1 is 1.17 bits per heavy atom. The highest BCUT2D eigenvalue weighted by atomic mass is 32.2. The van der Waals surface area contributed by atoms with Gasteiger partial charge in [0, 0.05) is 36.7 Å². The first kappa shape index (κ1) is 15.2. The van der Waals surface area contributed by atoms with E-state index in [0.29, 0.717) is 5.54 Å². The van der Waals surface area contributed by atoms with Crippen LogP contribution in [0.15, 0.2) is 12.5 Å². The van der Waals surface area contributed by atoms with E-state index in [1.165, 1.54) is 56.7 Å². The zero-order valence-corrected chi connectivity index (χ0v) is 14.2. The van der Waals surface area contributed by atoms with Gasteiger partial charge in [-0.05, 0) is 12.8 Å². The zero-order chi connectivity index (χ0) is 15.5. The maximum Gasteiger partial charge on any atom is 0.160 e. The first-order valence-electron chi connectivity index (χ1n) is 8.58. The summed E-state index contributed by atoms with van der Waals surface area (Å²) >= 11 is 2.08. The Hall–Kier alpha value is -1.34. The number of nitrogens with zero attached hydrogens (tertiary/aromatic N) is 4. The minimum atomic E-state index is 0.292. The molecule has 0 aromatic carbocycles. The number of aromatic nitrogens is 4. The molecule has 0 amide bonds. The van der Waals surface area contributed by atoms with Gasteiger partial charge in [0.1, 0.15) is 12.1 Å². The maximum atomic E-state index is 4.43. The molecule has 23 heavy (non-hydrogen) atoms. The highest BCUT2D eigenvalue weighted by Gasteiger charge is 2.38. The SMILES string of the molecule is c1nc(NCC2(N3CCSCC3)CCCCC2)c2cn[nH]c2n1. The molecule has 0 spiro atoms. The van der Waals surface area contributed by atoms with Crippen molar-refractivity contribution in [3.63, 3.8) is 0 Å². The molecule has 0 bridgehead atoms. The lowest BCUT2D eigenvalue weighted by atomic mass is 9.80. The summed E-state index contributed by atoms with van der Waals surface area (Å²) in [6, 6.07) is 0. The molecular weight excluding hydrogens is 308 g/mol. The van der Waals surface area contributed by atoms with Crippen molar-refractivity contribution in [1.82, 2.24) is 25.1 Å². The molecule has 6 nitrogen and oxygen atoms in total. The van der Waals surface area contributed by atoms with Crippen LogP contribution < -0.4 is 5.32 Å². The molecule has 2 aromatic rings. The van der Waals surface area contributed by atoms with Crippen LogP contribution in [0.25, 0.3) is 11.0 Å². The Morgan fingerprint density at radius 3 is 2.83 bits per heavy atom. The summed E-state index contributed by atoms with van der Waals surface area (Å²) in [5, 5.41) is 11.6. The summed E-state index contributed by atoms with van der Waals surface area (Å²) < 4.78 is 0. The van der Waals surface area contributed by atoms with Gasteiger partial charge in [0.15, 0.2) is 5.65 Å². The van der Waals surface area contributed by atoms with Gasteiger partial charge in [0.2, 0.25) is 0 Å². The van der Waals surface area contributed by atoms with Gasteiger partial charge in [-0.15, -0.1) is 0 Å². The molecule has 0 radical (unpaired) electrons. The normalized spacial score (nSPS) is 22.3. The maximum absolute atomic E-state index is 4.43. The van der Waals surface area contributed by atoms with E-state index in [0.717, 1.165) is 23.4 Å². The number of rotatable bonds is 4. The van der Waals surface area contributed by atoms with E-state index >= 15 is 0 Å². The first-order chi connectivity index (χ1) is 11.4. The van der Waals surface area contributed by atoms with Crippen LogP contribution in [0.5, 0.6) is 0 Å². The summed E-state index contributed by atoms with van der Waals surface area (Å²) in [5.41, 5.74) is 1.09. The van der Waals surface area contributed by atoms with Crippen LogP contribution >= 0.6 is 11.8 Å².